The highest BCUT2D eigenvalue weighted by Crippen LogP contribution is 2.22. The van der Waals surface area contributed by atoms with Gasteiger partial charge in [0.2, 0.25) is 0 Å². The van der Waals surface area contributed by atoms with Gasteiger partial charge >= 0.3 is 0 Å². The van der Waals surface area contributed by atoms with Gasteiger partial charge in [0.15, 0.2) is 0 Å². The number of amides is 1. The number of aromatic nitrogens is 1. The molecule has 1 unspecified atom stereocenters. The Hall–Kier alpha value is -2.56. The van der Waals surface area contributed by atoms with E-state index in [9.17, 15) is 4.79 Å². The van der Waals surface area contributed by atoms with E-state index in [-0.39, 0.29) is 5.91 Å². The largest absolute Gasteiger partial charge is 0.380 e. The van der Waals surface area contributed by atoms with Gasteiger partial charge in [-0.1, -0.05) is 18.2 Å². The van der Waals surface area contributed by atoms with Crippen molar-refractivity contribution in [3.05, 3.63) is 54.2 Å². The number of nitrogens with one attached hydrogen (secondary N) is 2. The molecule has 1 aliphatic heterocycles. The second-order valence-electron chi connectivity index (χ2n) is 6.59. The van der Waals surface area contributed by atoms with Crippen LogP contribution < -0.4 is 15.5 Å². The fourth-order valence-corrected chi connectivity index (χ4v) is 3.06. The molecule has 1 aliphatic carbocycles. The molecule has 1 saturated carbocycles. The molecule has 5 nitrogen and oxygen atoms in total. The highest BCUT2D eigenvalue weighted by molar-refractivity contribution is 5.94. The number of nitrogens with zero attached hydrogens (tertiary/aromatic N) is 2. The van der Waals surface area contributed by atoms with Crippen molar-refractivity contribution in [2.24, 2.45) is 0 Å². The van der Waals surface area contributed by atoms with E-state index in [4.69, 9.17) is 0 Å². The number of para-hydroxylation sites is 1. The Morgan fingerprint density at radius 2 is 1.88 bits per heavy atom. The summed E-state index contributed by atoms with van der Waals surface area (Å²) in [5.74, 6) is 0.928. The lowest BCUT2D eigenvalue weighted by Gasteiger charge is -2.18. The third-order valence-corrected chi connectivity index (χ3v) is 4.58. The van der Waals surface area contributed by atoms with Crippen LogP contribution in [0.3, 0.4) is 0 Å². The van der Waals surface area contributed by atoms with Crippen molar-refractivity contribution in [1.82, 2.24) is 10.3 Å². The molecule has 124 valence electrons. The van der Waals surface area contributed by atoms with Crippen LogP contribution in [-0.4, -0.2) is 36.1 Å². The molecule has 24 heavy (non-hydrogen) atoms. The van der Waals surface area contributed by atoms with E-state index in [0.29, 0.717) is 17.6 Å². The molecule has 0 spiro atoms. The zero-order valence-corrected chi connectivity index (χ0v) is 13.6. The van der Waals surface area contributed by atoms with E-state index in [2.05, 4.69) is 32.7 Å². The third-order valence-electron chi connectivity index (χ3n) is 4.58. The summed E-state index contributed by atoms with van der Waals surface area (Å²) in [6, 6.07) is 14.9. The predicted octanol–water partition coefficient (Wildman–Crippen LogP) is 2.66. The fraction of sp³-hybridized carbons (Fsp3) is 0.368. The van der Waals surface area contributed by atoms with Crippen molar-refractivity contribution in [3.8, 4) is 0 Å². The van der Waals surface area contributed by atoms with E-state index in [1.165, 1.54) is 0 Å². The topological polar surface area (TPSA) is 57.3 Å². The molecular weight excluding hydrogens is 300 g/mol. The SMILES string of the molecule is O=C(NC1CC1)c1ccc(N2CCC(Nc3ccccc3)C2)nc1. The minimum absolute atomic E-state index is 0.0124. The fourth-order valence-electron chi connectivity index (χ4n) is 3.06. The van der Waals surface area contributed by atoms with Gasteiger partial charge in [0.1, 0.15) is 5.82 Å². The Kier molecular flexibility index (Phi) is 4.07. The second-order valence-corrected chi connectivity index (χ2v) is 6.59. The summed E-state index contributed by atoms with van der Waals surface area (Å²) in [6.45, 7) is 1.90. The summed E-state index contributed by atoms with van der Waals surface area (Å²) in [7, 11) is 0. The lowest BCUT2D eigenvalue weighted by atomic mass is 10.2. The van der Waals surface area contributed by atoms with Crippen LogP contribution in [-0.2, 0) is 0 Å². The van der Waals surface area contributed by atoms with Crippen molar-refractivity contribution >= 4 is 17.4 Å². The van der Waals surface area contributed by atoms with Gasteiger partial charge < -0.3 is 15.5 Å². The third kappa shape index (κ3) is 3.50. The number of carbonyl (C=O) groups is 1. The highest BCUT2D eigenvalue weighted by atomic mass is 16.1. The Morgan fingerprint density at radius 3 is 2.58 bits per heavy atom. The number of benzene rings is 1. The molecule has 1 aromatic heterocycles. The molecule has 1 aromatic carbocycles. The van der Waals surface area contributed by atoms with Crippen LogP contribution in [0, 0.1) is 0 Å². The van der Waals surface area contributed by atoms with Crippen molar-refractivity contribution in [1.29, 1.82) is 0 Å². The molecule has 1 saturated heterocycles. The first-order chi connectivity index (χ1) is 11.8. The summed E-state index contributed by atoms with van der Waals surface area (Å²) in [4.78, 5) is 18.8. The normalized spacial score (nSPS) is 20.0. The van der Waals surface area contributed by atoms with E-state index in [1.807, 2.05) is 30.3 Å². The van der Waals surface area contributed by atoms with Crippen LogP contribution in [0.25, 0.3) is 0 Å². The average molecular weight is 322 g/mol. The van der Waals surface area contributed by atoms with E-state index < -0.39 is 0 Å². The van der Waals surface area contributed by atoms with Crippen LogP contribution in [0.2, 0.25) is 0 Å². The number of hydrogen-bond donors (Lipinski definition) is 2. The van der Waals surface area contributed by atoms with Gasteiger partial charge in [0.05, 0.1) is 5.56 Å². The number of anilines is 2. The molecule has 2 fully saturated rings. The van der Waals surface area contributed by atoms with Gasteiger partial charge in [-0.25, -0.2) is 4.98 Å². The average Bonchev–Trinajstić information content (AvgIpc) is 3.31. The maximum absolute atomic E-state index is 12.0. The molecular formula is C19H22N4O. The second kappa shape index (κ2) is 6.51. The van der Waals surface area contributed by atoms with E-state index in [1.54, 1.807) is 6.20 Å². The van der Waals surface area contributed by atoms with Crippen molar-refractivity contribution in [2.75, 3.05) is 23.3 Å². The number of carbonyl (C=O) groups excluding carboxylic acids is 1. The molecule has 2 aromatic rings. The summed E-state index contributed by atoms with van der Waals surface area (Å²) in [6.07, 6.45) is 4.97. The summed E-state index contributed by atoms with van der Waals surface area (Å²) < 4.78 is 0. The molecule has 2 heterocycles. The van der Waals surface area contributed by atoms with Crippen LogP contribution >= 0.6 is 0 Å². The Morgan fingerprint density at radius 1 is 1.04 bits per heavy atom. The van der Waals surface area contributed by atoms with E-state index >= 15 is 0 Å². The first-order valence-electron chi connectivity index (χ1n) is 8.61. The summed E-state index contributed by atoms with van der Waals surface area (Å²) in [5.41, 5.74) is 1.80. The molecule has 4 rings (SSSR count). The smallest absolute Gasteiger partial charge is 0.253 e. The summed E-state index contributed by atoms with van der Waals surface area (Å²) >= 11 is 0. The quantitative estimate of drug-likeness (QED) is 0.888. The minimum Gasteiger partial charge on any atom is -0.380 e. The zero-order valence-electron chi connectivity index (χ0n) is 13.6. The Bertz CT molecular complexity index is 697. The van der Waals surface area contributed by atoms with Crippen molar-refractivity contribution in [3.63, 3.8) is 0 Å². The van der Waals surface area contributed by atoms with Gasteiger partial charge in [0.25, 0.3) is 5.91 Å². The Balaban J connectivity index is 1.35. The van der Waals surface area contributed by atoms with Gasteiger partial charge in [-0.3, -0.25) is 4.79 Å². The number of hydrogen-bond acceptors (Lipinski definition) is 4. The Labute approximate surface area is 142 Å². The van der Waals surface area contributed by atoms with Gasteiger partial charge in [-0.15, -0.1) is 0 Å². The highest BCUT2D eigenvalue weighted by Gasteiger charge is 2.25. The molecule has 0 radical (unpaired) electrons. The van der Waals surface area contributed by atoms with Crippen LogP contribution in [0.4, 0.5) is 11.5 Å². The molecule has 2 aliphatic rings. The minimum atomic E-state index is -0.0124. The monoisotopic (exact) mass is 322 g/mol. The lowest BCUT2D eigenvalue weighted by molar-refractivity contribution is 0.0950. The molecule has 5 heteroatoms. The van der Waals surface area contributed by atoms with Crippen LogP contribution in [0.15, 0.2) is 48.7 Å². The molecule has 0 bridgehead atoms. The molecule has 2 N–H and O–H groups in total. The first kappa shape index (κ1) is 15.0. The van der Waals surface area contributed by atoms with Gasteiger partial charge in [-0.05, 0) is 43.5 Å². The number of pyridine rings is 1. The first-order valence-corrected chi connectivity index (χ1v) is 8.61. The van der Waals surface area contributed by atoms with Crippen LogP contribution in [0.5, 0.6) is 0 Å². The number of rotatable bonds is 5. The van der Waals surface area contributed by atoms with Crippen molar-refractivity contribution in [2.45, 2.75) is 31.3 Å². The molecule has 1 amide bonds. The lowest BCUT2D eigenvalue weighted by Crippen LogP contribution is -2.27. The maximum atomic E-state index is 12.0. The van der Waals surface area contributed by atoms with Crippen molar-refractivity contribution < 1.29 is 4.79 Å². The standard InChI is InChI=1S/C19H22N4O/c24-19(22-16-7-8-16)14-6-9-18(20-12-14)23-11-10-17(13-23)21-15-4-2-1-3-5-15/h1-6,9,12,16-17,21H,7-8,10-11,13H2,(H,22,24). The predicted molar refractivity (Wildman–Crippen MR) is 95.4 cm³/mol. The summed E-state index contributed by atoms with van der Waals surface area (Å²) in [5, 5.41) is 6.56. The van der Waals surface area contributed by atoms with Gasteiger partial charge in [0, 0.05) is 37.1 Å². The van der Waals surface area contributed by atoms with E-state index in [0.717, 1.165) is 43.9 Å². The molecule has 1 atom stereocenters. The van der Waals surface area contributed by atoms with Gasteiger partial charge in [-0.2, -0.15) is 0 Å². The maximum Gasteiger partial charge on any atom is 0.253 e. The van der Waals surface area contributed by atoms with Crippen LogP contribution in [0.1, 0.15) is 29.6 Å². The zero-order chi connectivity index (χ0) is 16.4.